The van der Waals surface area contributed by atoms with Gasteiger partial charge in [0.2, 0.25) is 5.95 Å². The van der Waals surface area contributed by atoms with Crippen molar-refractivity contribution in [2.24, 2.45) is 0 Å². The third-order valence-electron chi connectivity index (χ3n) is 6.20. The van der Waals surface area contributed by atoms with Crippen molar-refractivity contribution in [1.82, 2.24) is 14.9 Å². The molecule has 0 radical (unpaired) electrons. The number of carbonyl (C=O) groups excluding carboxylic acids is 1. The van der Waals surface area contributed by atoms with Crippen molar-refractivity contribution in [1.29, 1.82) is 0 Å². The minimum Gasteiger partial charge on any atom is -0.496 e. The van der Waals surface area contributed by atoms with Gasteiger partial charge in [0.25, 0.3) is 5.91 Å². The summed E-state index contributed by atoms with van der Waals surface area (Å²) in [6.07, 6.45) is 0.799. The van der Waals surface area contributed by atoms with E-state index in [0.717, 1.165) is 29.8 Å². The van der Waals surface area contributed by atoms with Gasteiger partial charge in [-0.2, -0.15) is 4.98 Å². The van der Waals surface area contributed by atoms with E-state index < -0.39 is 0 Å². The van der Waals surface area contributed by atoms with Crippen LogP contribution in [0.25, 0.3) is 10.9 Å². The zero-order chi connectivity index (χ0) is 24.4. The normalized spacial score (nSPS) is 14.1. The van der Waals surface area contributed by atoms with Crippen molar-refractivity contribution in [2.45, 2.75) is 20.3 Å². The van der Waals surface area contributed by atoms with Gasteiger partial charge in [0.1, 0.15) is 11.6 Å². The van der Waals surface area contributed by atoms with Gasteiger partial charge in [0, 0.05) is 43.2 Å². The van der Waals surface area contributed by atoms with Crippen LogP contribution in [0.5, 0.6) is 17.2 Å². The molecule has 1 amide bonds. The molecule has 1 saturated heterocycles. The number of methoxy groups -OCH3 is 3. The molecule has 0 atom stereocenters. The summed E-state index contributed by atoms with van der Waals surface area (Å²) >= 11 is 0. The lowest BCUT2D eigenvalue weighted by molar-refractivity contribution is 0.0766. The number of hydrogen-bond donors (Lipinski definition) is 1. The van der Waals surface area contributed by atoms with Crippen LogP contribution in [-0.4, -0.2) is 68.3 Å². The smallest absolute Gasteiger partial charge is 0.253 e. The second kappa shape index (κ2) is 9.62. The highest BCUT2D eigenvalue weighted by molar-refractivity contribution is 5.95. The van der Waals surface area contributed by atoms with Gasteiger partial charge in [0.15, 0.2) is 11.5 Å². The van der Waals surface area contributed by atoms with E-state index in [1.54, 1.807) is 33.5 Å². The van der Waals surface area contributed by atoms with Gasteiger partial charge in [-0.1, -0.05) is 0 Å². The average Bonchev–Trinajstić information content (AvgIpc) is 3.09. The molecule has 1 aliphatic rings. The summed E-state index contributed by atoms with van der Waals surface area (Å²) < 4.78 is 16.2. The van der Waals surface area contributed by atoms with Crippen molar-refractivity contribution >= 4 is 28.6 Å². The number of nitrogens with zero attached hydrogens (tertiary/aromatic N) is 4. The molecule has 2 N–H and O–H groups in total. The molecule has 1 aliphatic heterocycles. The molecule has 2 aromatic carbocycles. The van der Waals surface area contributed by atoms with Gasteiger partial charge in [-0.3, -0.25) is 4.79 Å². The van der Waals surface area contributed by atoms with Crippen molar-refractivity contribution in [3.63, 3.8) is 0 Å². The van der Waals surface area contributed by atoms with E-state index >= 15 is 0 Å². The minimum absolute atomic E-state index is 0.0199. The van der Waals surface area contributed by atoms with Crippen molar-refractivity contribution in [3.05, 3.63) is 41.0 Å². The fourth-order valence-corrected chi connectivity index (χ4v) is 4.51. The third-order valence-corrected chi connectivity index (χ3v) is 6.20. The molecule has 180 valence electrons. The Balaban J connectivity index is 1.56. The number of hydrogen-bond acceptors (Lipinski definition) is 8. The number of ether oxygens (including phenoxy) is 3. The number of benzene rings is 2. The van der Waals surface area contributed by atoms with Crippen LogP contribution in [0.3, 0.4) is 0 Å². The van der Waals surface area contributed by atoms with E-state index in [1.165, 1.54) is 0 Å². The van der Waals surface area contributed by atoms with E-state index in [0.29, 0.717) is 59.4 Å². The Morgan fingerprint density at radius 1 is 0.882 bits per heavy atom. The SMILES string of the molecule is COc1cc2nc(N3CCCN(C(=O)c4cc(C)c(OC)c(C)c4)CC3)nc(N)c2cc1OC. The van der Waals surface area contributed by atoms with E-state index in [9.17, 15) is 4.79 Å². The third kappa shape index (κ3) is 4.37. The fourth-order valence-electron chi connectivity index (χ4n) is 4.51. The van der Waals surface area contributed by atoms with Gasteiger partial charge < -0.3 is 29.7 Å². The first-order chi connectivity index (χ1) is 16.4. The highest BCUT2D eigenvalue weighted by Crippen LogP contribution is 2.34. The molecule has 9 nitrogen and oxygen atoms in total. The summed E-state index contributed by atoms with van der Waals surface area (Å²) in [7, 11) is 4.81. The Morgan fingerprint density at radius 2 is 1.56 bits per heavy atom. The number of aromatic nitrogens is 2. The topological polar surface area (TPSA) is 103 Å². The van der Waals surface area contributed by atoms with Gasteiger partial charge in [0.05, 0.1) is 26.8 Å². The Morgan fingerprint density at radius 3 is 2.21 bits per heavy atom. The zero-order valence-corrected chi connectivity index (χ0v) is 20.3. The predicted molar refractivity (Wildman–Crippen MR) is 132 cm³/mol. The van der Waals surface area contributed by atoms with Crippen LogP contribution in [0.15, 0.2) is 24.3 Å². The molecule has 0 aliphatic carbocycles. The molecule has 0 saturated carbocycles. The summed E-state index contributed by atoms with van der Waals surface area (Å²) in [6.45, 7) is 6.47. The van der Waals surface area contributed by atoms with Gasteiger partial charge in [-0.05, 0) is 49.6 Å². The fraction of sp³-hybridized carbons (Fsp3) is 0.400. The lowest BCUT2D eigenvalue weighted by atomic mass is 10.0. The lowest BCUT2D eigenvalue weighted by Crippen LogP contribution is -2.35. The molecular weight excluding hydrogens is 434 g/mol. The second-order valence-corrected chi connectivity index (χ2v) is 8.41. The number of nitrogens with two attached hydrogens (primary N) is 1. The molecule has 34 heavy (non-hydrogen) atoms. The molecule has 1 fully saturated rings. The van der Waals surface area contributed by atoms with E-state index in [-0.39, 0.29) is 5.91 Å². The summed E-state index contributed by atoms with van der Waals surface area (Å²) in [5.74, 6) is 2.91. The maximum Gasteiger partial charge on any atom is 0.253 e. The van der Waals surface area contributed by atoms with Crippen molar-refractivity contribution in [3.8, 4) is 17.2 Å². The van der Waals surface area contributed by atoms with Crippen LogP contribution < -0.4 is 24.8 Å². The molecule has 9 heteroatoms. The Kier molecular flexibility index (Phi) is 6.63. The maximum atomic E-state index is 13.2. The number of fused-ring (bicyclic) bond motifs is 1. The Hall–Kier alpha value is -3.75. The van der Waals surface area contributed by atoms with Crippen LogP contribution in [0, 0.1) is 13.8 Å². The quantitative estimate of drug-likeness (QED) is 0.613. The number of amides is 1. The summed E-state index contributed by atoms with van der Waals surface area (Å²) in [6, 6.07) is 7.38. The van der Waals surface area contributed by atoms with E-state index in [1.807, 2.05) is 30.9 Å². The highest BCUT2D eigenvalue weighted by atomic mass is 16.5. The number of rotatable bonds is 5. The van der Waals surface area contributed by atoms with E-state index in [2.05, 4.69) is 9.88 Å². The van der Waals surface area contributed by atoms with Gasteiger partial charge >= 0.3 is 0 Å². The monoisotopic (exact) mass is 465 g/mol. The minimum atomic E-state index is 0.0199. The summed E-state index contributed by atoms with van der Waals surface area (Å²) in [5, 5.41) is 0.707. The van der Waals surface area contributed by atoms with Crippen LogP contribution in [0.1, 0.15) is 27.9 Å². The maximum absolute atomic E-state index is 13.2. The molecular formula is C25H31N5O4. The van der Waals surface area contributed by atoms with Crippen LogP contribution in [0.4, 0.5) is 11.8 Å². The van der Waals surface area contributed by atoms with Crippen LogP contribution in [0.2, 0.25) is 0 Å². The highest BCUT2D eigenvalue weighted by Gasteiger charge is 2.23. The number of nitrogen functional groups attached to an aromatic ring is 1. The van der Waals surface area contributed by atoms with Crippen LogP contribution in [-0.2, 0) is 0 Å². The molecule has 1 aromatic heterocycles. The molecule has 0 bridgehead atoms. The Bertz CT molecular complexity index is 1210. The number of carbonyl (C=O) groups is 1. The van der Waals surface area contributed by atoms with Crippen molar-refractivity contribution < 1.29 is 19.0 Å². The predicted octanol–water partition coefficient (Wildman–Crippen LogP) is 3.21. The summed E-state index contributed by atoms with van der Waals surface area (Å²) in [5.41, 5.74) is 9.54. The first kappa shape index (κ1) is 23.4. The lowest BCUT2D eigenvalue weighted by Gasteiger charge is -2.23. The van der Waals surface area contributed by atoms with Crippen molar-refractivity contribution in [2.75, 3.05) is 58.1 Å². The largest absolute Gasteiger partial charge is 0.496 e. The molecule has 3 aromatic rings. The first-order valence-corrected chi connectivity index (χ1v) is 11.2. The molecule has 0 spiro atoms. The average molecular weight is 466 g/mol. The van der Waals surface area contributed by atoms with Gasteiger partial charge in [-0.15, -0.1) is 0 Å². The number of aryl methyl sites for hydroxylation is 2. The Labute approximate surface area is 199 Å². The summed E-state index contributed by atoms with van der Waals surface area (Å²) in [4.78, 5) is 26.5. The first-order valence-electron chi connectivity index (χ1n) is 11.2. The molecule has 4 rings (SSSR count). The standard InChI is InChI=1S/C25H31N5O4/c1-15-11-17(12-16(2)22(15)34-5)24(31)29-7-6-8-30(10-9-29)25-27-19-14-21(33-4)20(32-3)13-18(19)23(26)28-25/h11-14H,6-10H2,1-5H3,(H2,26,27,28). The van der Waals surface area contributed by atoms with E-state index in [4.69, 9.17) is 24.9 Å². The molecule has 0 unspecified atom stereocenters. The second-order valence-electron chi connectivity index (χ2n) is 8.41. The number of anilines is 2. The zero-order valence-electron chi connectivity index (χ0n) is 20.3. The van der Waals surface area contributed by atoms with Crippen LogP contribution >= 0.6 is 0 Å². The molecule has 2 heterocycles. The van der Waals surface area contributed by atoms with Gasteiger partial charge in [-0.25, -0.2) is 4.98 Å².